The lowest BCUT2D eigenvalue weighted by Crippen LogP contribution is -2.46. The van der Waals surface area contributed by atoms with Gasteiger partial charge in [0, 0.05) is 7.11 Å². The molecule has 4 heteroatoms. The lowest BCUT2D eigenvalue weighted by atomic mass is 10.0. The predicted molar refractivity (Wildman–Crippen MR) is 36.0 cm³/mol. The van der Waals surface area contributed by atoms with Crippen molar-refractivity contribution in [2.24, 2.45) is 0 Å². The van der Waals surface area contributed by atoms with Gasteiger partial charge in [0.05, 0.1) is 6.10 Å². The summed E-state index contributed by atoms with van der Waals surface area (Å²) in [5.74, 6) is 0. The van der Waals surface area contributed by atoms with E-state index in [1.54, 1.807) is 7.11 Å². The number of aliphatic hydroxyl groups excluding tert-OH is 1. The zero-order valence-corrected chi connectivity index (χ0v) is 6.56. The minimum atomic E-state index is -0.566. The molecule has 2 unspecified atom stereocenters. The summed E-state index contributed by atoms with van der Waals surface area (Å²) in [4.78, 5) is 0. The van der Waals surface area contributed by atoms with Crippen molar-refractivity contribution in [3.8, 4) is 0 Å². The number of epoxide rings is 1. The van der Waals surface area contributed by atoms with Crippen molar-refractivity contribution in [2.45, 2.75) is 37.6 Å². The van der Waals surface area contributed by atoms with E-state index in [1.165, 1.54) is 0 Å². The summed E-state index contributed by atoms with van der Waals surface area (Å²) in [7, 11) is 1.57. The van der Waals surface area contributed by atoms with Gasteiger partial charge in [-0.3, -0.25) is 0 Å². The van der Waals surface area contributed by atoms with Crippen LogP contribution in [0.4, 0.5) is 0 Å². The van der Waals surface area contributed by atoms with Crippen molar-refractivity contribution in [1.29, 1.82) is 0 Å². The van der Waals surface area contributed by atoms with Gasteiger partial charge in [-0.15, -0.1) is 0 Å². The van der Waals surface area contributed by atoms with Gasteiger partial charge in [-0.1, -0.05) is 0 Å². The fourth-order valence-corrected chi connectivity index (χ4v) is 1.48. The third-order valence-corrected chi connectivity index (χ3v) is 2.25. The predicted octanol–water partition coefficient (Wildman–Crippen LogP) is -0.494. The first-order chi connectivity index (χ1) is 5.24. The van der Waals surface area contributed by atoms with Crippen LogP contribution in [0.25, 0.3) is 0 Å². The molecule has 0 aromatic carbocycles. The SMILES string of the molecule is COC1[C@H]2OC2O[C@H](C)[C@H]1O. The average Bonchev–Trinajstić information content (AvgIpc) is 2.69. The molecule has 0 aromatic heterocycles. The first-order valence-electron chi connectivity index (χ1n) is 3.76. The monoisotopic (exact) mass is 160 g/mol. The molecule has 1 N–H and O–H groups in total. The van der Waals surface area contributed by atoms with Crippen LogP contribution in [-0.4, -0.2) is 42.9 Å². The second-order valence-electron chi connectivity index (χ2n) is 3.00. The number of hydrogen-bond acceptors (Lipinski definition) is 4. The first kappa shape index (κ1) is 7.49. The molecular weight excluding hydrogens is 148 g/mol. The number of rotatable bonds is 1. The average molecular weight is 160 g/mol. The van der Waals surface area contributed by atoms with Crippen LogP contribution in [0.1, 0.15) is 6.92 Å². The summed E-state index contributed by atoms with van der Waals surface area (Å²) in [5.41, 5.74) is 0. The van der Waals surface area contributed by atoms with Gasteiger partial charge < -0.3 is 19.3 Å². The van der Waals surface area contributed by atoms with E-state index in [2.05, 4.69) is 0 Å². The van der Waals surface area contributed by atoms with Crippen molar-refractivity contribution in [3.05, 3.63) is 0 Å². The van der Waals surface area contributed by atoms with Crippen molar-refractivity contribution in [2.75, 3.05) is 7.11 Å². The fraction of sp³-hybridized carbons (Fsp3) is 1.00. The van der Waals surface area contributed by atoms with Gasteiger partial charge in [-0.25, -0.2) is 0 Å². The van der Waals surface area contributed by atoms with E-state index in [4.69, 9.17) is 14.2 Å². The van der Waals surface area contributed by atoms with Crippen LogP contribution < -0.4 is 0 Å². The standard InChI is InChI=1S/C7H12O4/c1-3-4(8)5(9-2)6-7(10-3)11-6/h3-8H,1-2H3/t3-,4-,5?,6-,7?/m1/s1. The number of hydrogen-bond donors (Lipinski definition) is 1. The molecule has 4 nitrogen and oxygen atoms in total. The third kappa shape index (κ3) is 1.06. The maximum absolute atomic E-state index is 9.50. The van der Waals surface area contributed by atoms with E-state index in [0.29, 0.717) is 0 Å². The number of methoxy groups -OCH3 is 1. The van der Waals surface area contributed by atoms with Gasteiger partial charge in [0.2, 0.25) is 0 Å². The fourth-order valence-electron chi connectivity index (χ4n) is 1.48. The van der Waals surface area contributed by atoms with Crippen LogP contribution in [0, 0.1) is 0 Å². The van der Waals surface area contributed by atoms with Gasteiger partial charge in [-0.05, 0) is 6.92 Å². The Labute approximate surface area is 65.1 Å². The van der Waals surface area contributed by atoms with E-state index in [1.807, 2.05) is 6.92 Å². The molecule has 2 aliphatic heterocycles. The quantitative estimate of drug-likeness (QED) is 0.526. The number of aliphatic hydroxyl groups is 1. The molecule has 64 valence electrons. The summed E-state index contributed by atoms with van der Waals surface area (Å²) in [6.07, 6.45) is -1.17. The Kier molecular flexibility index (Phi) is 1.64. The largest absolute Gasteiger partial charge is 0.388 e. The van der Waals surface area contributed by atoms with Gasteiger partial charge in [-0.2, -0.15) is 0 Å². The van der Waals surface area contributed by atoms with Gasteiger partial charge in [0.15, 0.2) is 6.29 Å². The Morgan fingerprint density at radius 1 is 1.36 bits per heavy atom. The molecule has 2 heterocycles. The second-order valence-corrected chi connectivity index (χ2v) is 3.00. The van der Waals surface area contributed by atoms with E-state index in [9.17, 15) is 5.11 Å². The van der Waals surface area contributed by atoms with Crippen LogP contribution in [0.3, 0.4) is 0 Å². The maximum Gasteiger partial charge on any atom is 0.187 e. The Hall–Kier alpha value is -0.160. The van der Waals surface area contributed by atoms with Crippen LogP contribution in [0.5, 0.6) is 0 Å². The van der Waals surface area contributed by atoms with E-state index >= 15 is 0 Å². The molecule has 0 amide bonds. The van der Waals surface area contributed by atoms with E-state index < -0.39 is 6.10 Å². The van der Waals surface area contributed by atoms with Crippen molar-refractivity contribution in [1.82, 2.24) is 0 Å². The lowest BCUT2D eigenvalue weighted by molar-refractivity contribution is -0.132. The zero-order valence-electron chi connectivity index (χ0n) is 6.56. The van der Waals surface area contributed by atoms with Gasteiger partial charge in [0.25, 0.3) is 0 Å². The topological polar surface area (TPSA) is 51.2 Å². The molecule has 0 aliphatic carbocycles. The Bertz CT molecular complexity index is 161. The molecular formula is C7H12O4. The Balaban J connectivity index is 2.05. The summed E-state index contributed by atoms with van der Waals surface area (Å²) >= 11 is 0. The summed E-state index contributed by atoms with van der Waals surface area (Å²) in [6, 6.07) is 0. The number of fused-ring (bicyclic) bond motifs is 1. The molecule has 0 aromatic rings. The van der Waals surface area contributed by atoms with Gasteiger partial charge in [0.1, 0.15) is 18.3 Å². The van der Waals surface area contributed by atoms with Crippen molar-refractivity contribution >= 4 is 0 Å². The molecule has 0 radical (unpaired) electrons. The smallest absolute Gasteiger partial charge is 0.187 e. The summed E-state index contributed by atoms with van der Waals surface area (Å²) < 4.78 is 15.4. The van der Waals surface area contributed by atoms with E-state index in [0.717, 1.165) is 0 Å². The molecule has 0 spiro atoms. The van der Waals surface area contributed by atoms with Gasteiger partial charge >= 0.3 is 0 Å². The van der Waals surface area contributed by atoms with Crippen LogP contribution in [-0.2, 0) is 14.2 Å². The van der Waals surface area contributed by atoms with Crippen molar-refractivity contribution in [3.63, 3.8) is 0 Å². The highest BCUT2D eigenvalue weighted by atomic mass is 16.8. The highest BCUT2D eigenvalue weighted by Gasteiger charge is 2.55. The minimum Gasteiger partial charge on any atom is -0.388 e. The molecule has 5 atom stereocenters. The van der Waals surface area contributed by atoms with E-state index in [-0.39, 0.29) is 24.6 Å². The normalized spacial score (nSPS) is 55.4. The highest BCUT2D eigenvalue weighted by molar-refractivity contribution is 4.96. The molecule has 0 bridgehead atoms. The Morgan fingerprint density at radius 3 is 2.73 bits per heavy atom. The van der Waals surface area contributed by atoms with Crippen LogP contribution >= 0.6 is 0 Å². The molecule has 2 rings (SSSR count). The maximum atomic E-state index is 9.50. The third-order valence-electron chi connectivity index (χ3n) is 2.25. The molecule has 2 fully saturated rings. The molecule has 11 heavy (non-hydrogen) atoms. The summed E-state index contributed by atoms with van der Waals surface area (Å²) in [6.45, 7) is 1.81. The molecule has 0 saturated carbocycles. The lowest BCUT2D eigenvalue weighted by Gasteiger charge is -2.28. The molecule has 2 saturated heterocycles. The summed E-state index contributed by atoms with van der Waals surface area (Å²) in [5, 5.41) is 9.50. The minimum absolute atomic E-state index is 0.0498. The Morgan fingerprint density at radius 2 is 2.09 bits per heavy atom. The molecule has 2 aliphatic rings. The van der Waals surface area contributed by atoms with Crippen LogP contribution in [0.15, 0.2) is 0 Å². The van der Waals surface area contributed by atoms with Crippen LogP contribution in [0.2, 0.25) is 0 Å². The zero-order chi connectivity index (χ0) is 8.01. The second kappa shape index (κ2) is 2.42. The first-order valence-corrected chi connectivity index (χ1v) is 3.76. The highest BCUT2D eigenvalue weighted by Crippen LogP contribution is 2.36. The number of ether oxygens (including phenoxy) is 3. The van der Waals surface area contributed by atoms with Crippen molar-refractivity contribution < 1.29 is 19.3 Å².